The molecule has 3 N–H and O–H groups in total. The van der Waals surface area contributed by atoms with Gasteiger partial charge in [-0.05, 0) is 24.3 Å². The molecule has 0 unspecified atom stereocenters. The van der Waals surface area contributed by atoms with Gasteiger partial charge in [-0.15, -0.1) is 11.8 Å². The third-order valence-corrected chi connectivity index (χ3v) is 7.36. The first-order valence-electron chi connectivity index (χ1n) is 11.1. The van der Waals surface area contributed by atoms with E-state index in [0.717, 1.165) is 25.3 Å². The van der Waals surface area contributed by atoms with Gasteiger partial charge < -0.3 is 5.73 Å². The third kappa shape index (κ3) is 11.2. The van der Waals surface area contributed by atoms with E-state index in [1.807, 2.05) is 0 Å². The molecule has 0 saturated heterocycles. The van der Waals surface area contributed by atoms with Gasteiger partial charge in [-0.25, -0.2) is 4.39 Å². The summed E-state index contributed by atoms with van der Waals surface area (Å²) in [7, 11) is -4.63. The minimum atomic E-state index is -4.63. The number of rotatable bonds is 17. The zero-order valence-electron chi connectivity index (χ0n) is 17.8. The second kappa shape index (κ2) is 15.1. The number of halogens is 1. The van der Waals surface area contributed by atoms with Crippen molar-refractivity contribution in [2.24, 2.45) is 0 Å². The Morgan fingerprint density at radius 1 is 0.862 bits per heavy atom. The van der Waals surface area contributed by atoms with E-state index >= 15 is 0 Å². The van der Waals surface area contributed by atoms with Crippen LogP contribution in [0, 0.1) is 5.82 Å². The molecule has 0 fully saturated rings. The van der Waals surface area contributed by atoms with Crippen LogP contribution >= 0.6 is 11.8 Å². The molecule has 0 radical (unpaired) electrons. The molecule has 0 saturated carbocycles. The molecule has 0 heterocycles. The second-order valence-corrected chi connectivity index (χ2v) is 10.2. The minimum absolute atomic E-state index is 0.113. The molecular formula is C22H38FNO3S2. The molecule has 0 atom stereocenters. The van der Waals surface area contributed by atoms with Gasteiger partial charge in [0, 0.05) is 5.69 Å². The van der Waals surface area contributed by atoms with E-state index in [0.29, 0.717) is 5.75 Å². The van der Waals surface area contributed by atoms with E-state index in [-0.39, 0.29) is 10.6 Å². The molecule has 0 aliphatic carbocycles. The van der Waals surface area contributed by atoms with Crippen molar-refractivity contribution in [3.05, 3.63) is 17.9 Å². The number of hydrogen-bond acceptors (Lipinski definition) is 4. The molecule has 1 aromatic carbocycles. The Balaban J connectivity index is 2.09. The van der Waals surface area contributed by atoms with Crippen LogP contribution in [0.3, 0.4) is 0 Å². The number of unbranched alkanes of at least 4 members (excludes halogenated alkanes) is 13. The summed E-state index contributed by atoms with van der Waals surface area (Å²) in [4.78, 5) is -0.588. The number of nitrogen functional groups attached to an aromatic ring is 1. The van der Waals surface area contributed by atoms with Crippen molar-refractivity contribution in [3.63, 3.8) is 0 Å². The first-order valence-corrected chi connectivity index (χ1v) is 13.5. The fourth-order valence-electron chi connectivity index (χ4n) is 3.41. The quantitative estimate of drug-likeness (QED) is 0.114. The fraction of sp³-hybridized carbons (Fsp3) is 0.727. The number of nitrogens with two attached hydrogens (primary N) is 1. The van der Waals surface area contributed by atoms with Crippen LogP contribution in [0.25, 0.3) is 0 Å². The lowest BCUT2D eigenvalue weighted by atomic mass is 10.0. The van der Waals surface area contributed by atoms with Gasteiger partial charge in [0.2, 0.25) is 0 Å². The standard InChI is InChI=1S/C22H38FNO3S2/c1-2-3-4-5-6-7-8-9-10-11-12-13-14-15-18-28-21-20(24)17-16-19(23)22(21)29(25,26)27/h16-17H,2-15,18,24H2,1H3,(H,25,26,27). The highest BCUT2D eigenvalue weighted by atomic mass is 32.2. The van der Waals surface area contributed by atoms with Crippen molar-refractivity contribution in [3.8, 4) is 0 Å². The minimum Gasteiger partial charge on any atom is -0.398 e. The first kappa shape index (κ1) is 26.2. The van der Waals surface area contributed by atoms with Crippen LogP contribution in [0.4, 0.5) is 10.1 Å². The van der Waals surface area contributed by atoms with Gasteiger partial charge in [-0.1, -0.05) is 90.4 Å². The van der Waals surface area contributed by atoms with Crippen molar-refractivity contribution in [2.45, 2.75) is 107 Å². The summed E-state index contributed by atoms with van der Waals surface area (Å²) in [5.41, 5.74) is 5.96. The monoisotopic (exact) mass is 447 g/mol. The summed E-state index contributed by atoms with van der Waals surface area (Å²) in [6.07, 6.45) is 17.8. The molecule has 29 heavy (non-hydrogen) atoms. The molecule has 0 aliphatic heterocycles. The van der Waals surface area contributed by atoms with Crippen LogP contribution in [-0.4, -0.2) is 18.7 Å². The molecule has 0 aromatic heterocycles. The summed E-state index contributed by atoms with van der Waals surface area (Å²) in [5, 5.41) is 0. The Morgan fingerprint density at radius 2 is 1.31 bits per heavy atom. The first-order chi connectivity index (χ1) is 13.9. The van der Waals surface area contributed by atoms with Crippen molar-refractivity contribution in [1.82, 2.24) is 0 Å². The third-order valence-electron chi connectivity index (χ3n) is 5.10. The Bertz CT molecular complexity index is 681. The van der Waals surface area contributed by atoms with E-state index < -0.39 is 20.8 Å². The van der Waals surface area contributed by atoms with Gasteiger partial charge in [-0.2, -0.15) is 8.42 Å². The summed E-state index contributed by atoms with van der Waals surface area (Å²) < 4.78 is 45.9. The van der Waals surface area contributed by atoms with Crippen LogP contribution in [0.5, 0.6) is 0 Å². The Labute approximate surface area is 181 Å². The number of anilines is 1. The van der Waals surface area contributed by atoms with Crippen LogP contribution in [-0.2, 0) is 10.1 Å². The zero-order chi connectivity index (χ0) is 21.5. The average molecular weight is 448 g/mol. The van der Waals surface area contributed by atoms with E-state index in [9.17, 15) is 17.4 Å². The topological polar surface area (TPSA) is 80.4 Å². The molecule has 0 amide bonds. The highest BCUT2D eigenvalue weighted by Crippen LogP contribution is 2.34. The van der Waals surface area contributed by atoms with Gasteiger partial charge in [0.1, 0.15) is 10.7 Å². The number of thioether (sulfide) groups is 1. The van der Waals surface area contributed by atoms with E-state index in [1.165, 1.54) is 88.5 Å². The highest BCUT2D eigenvalue weighted by Gasteiger charge is 2.23. The highest BCUT2D eigenvalue weighted by molar-refractivity contribution is 8.00. The summed E-state index contributed by atoms with van der Waals surface area (Å²) in [6, 6.07) is 2.30. The smallest absolute Gasteiger partial charge is 0.298 e. The lowest BCUT2D eigenvalue weighted by Crippen LogP contribution is -2.06. The molecule has 0 bridgehead atoms. The predicted octanol–water partition coefficient (Wildman–Crippen LogP) is 7.23. The maximum Gasteiger partial charge on any atom is 0.298 e. The lowest BCUT2D eigenvalue weighted by Gasteiger charge is -2.10. The van der Waals surface area contributed by atoms with Gasteiger partial charge in [0.25, 0.3) is 10.1 Å². The summed E-state index contributed by atoms with van der Waals surface area (Å²) in [5.74, 6) is -0.320. The van der Waals surface area contributed by atoms with Crippen molar-refractivity contribution in [1.29, 1.82) is 0 Å². The fourth-order valence-corrected chi connectivity index (χ4v) is 5.59. The normalized spacial score (nSPS) is 11.8. The maximum absolute atomic E-state index is 13.8. The number of hydrogen-bond donors (Lipinski definition) is 2. The van der Waals surface area contributed by atoms with E-state index in [1.54, 1.807) is 0 Å². The van der Waals surface area contributed by atoms with Gasteiger partial charge >= 0.3 is 0 Å². The van der Waals surface area contributed by atoms with E-state index in [4.69, 9.17) is 5.73 Å². The predicted molar refractivity (Wildman–Crippen MR) is 122 cm³/mol. The molecule has 4 nitrogen and oxygen atoms in total. The molecule has 1 rings (SSSR count). The van der Waals surface area contributed by atoms with Crippen molar-refractivity contribution in [2.75, 3.05) is 11.5 Å². The van der Waals surface area contributed by atoms with Crippen LogP contribution < -0.4 is 5.73 Å². The lowest BCUT2D eigenvalue weighted by molar-refractivity contribution is 0.469. The Morgan fingerprint density at radius 3 is 1.76 bits per heavy atom. The SMILES string of the molecule is CCCCCCCCCCCCCCCCSc1c(N)ccc(F)c1S(=O)(=O)O. The molecule has 1 aromatic rings. The van der Waals surface area contributed by atoms with Gasteiger partial charge in [0.05, 0.1) is 4.90 Å². The molecule has 7 heteroatoms. The largest absolute Gasteiger partial charge is 0.398 e. The Hall–Kier alpha value is -0.790. The second-order valence-electron chi connectivity index (χ2n) is 7.71. The van der Waals surface area contributed by atoms with Gasteiger partial charge in [-0.3, -0.25) is 4.55 Å². The zero-order valence-corrected chi connectivity index (χ0v) is 19.4. The van der Waals surface area contributed by atoms with E-state index in [2.05, 4.69) is 6.92 Å². The Kier molecular flexibility index (Phi) is 13.6. The van der Waals surface area contributed by atoms with Gasteiger partial charge in [0.15, 0.2) is 0 Å². The molecule has 0 spiro atoms. The van der Waals surface area contributed by atoms with Crippen LogP contribution in [0.2, 0.25) is 0 Å². The molecule has 0 aliphatic rings. The summed E-state index contributed by atoms with van der Waals surface area (Å²) >= 11 is 1.19. The van der Waals surface area contributed by atoms with Crippen molar-refractivity contribution < 1.29 is 17.4 Å². The number of benzene rings is 1. The maximum atomic E-state index is 13.8. The van der Waals surface area contributed by atoms with Crippen LogP contribution in [0.1, 0.15) is 96.8 Å². The summed E-state index contributed by atoms with van der Waals surface area (Å²) in [6.45, 7) is 2.25. The molecular weight excluding hydrogens is 409 g/mol. The average Bonchev–Trinajstić information content (AvgIpc) is 2.66. The molecule has 168 valence electrons. The van der Waals surface area contributed by atoms with Crippen molar-refractivity contribution >= 4 is 27.6 Å². The van der Waals surface area contributed by atoms with Crippen LogP contribution in [0.15, 0.2) is 21.9 Å².